The maximum absolute atomic E-state index is 13.4. The van der Waals surface area contributed by atoms with E-state index >= 15 is 0 Å². The van der Waals surface area contributed by atoms with Gasteiger partial charge in [0.1, 0.15) is 12.4 Å². The van der Waals surface area contributed by atoms with Crippen LogP contribution in [0.25, 0.3) is 0 Å². The lowest BCUT2D eigenvalue weighted by atomic mass is 10.0. The second-order valence-electron chi connectivity index (χ2n) is 7.60. The van der Waals surface area contributed by atoms with Crippen molar-refractivity contribution in [3.63, 3.8) is 0 Å². The molecule has 1 N–H and O–H groups in total. The Morgan fingerprint density at radius 3 is 2.41 bits per heavy atom. The van der Waals surface area contributed by atoms with Crippen molar-refractivity contribution >= 4 is 29.2 Å². The molecule has 2 aromatic carbocycles. The van der Waals surface area contributed by atoms with Gasteiger partial charge in [-0.15, -0.1) is 5.10 Å². The van der Waals surface area contributed by atoms with Gasteiger partial charge >= 0.3 is 6.03 Å². The average Bonchev–Trinajstić information content (AvgIpc) is 3.23. The molecule has 0 spiro atoms. The van der Waals surface area contributed by atoms with Gasteiger partial charge in [0.25, 0.3) is 0 Å². The SMILES string of the molecule is O=C(Nc1ccc(Cl)cc1)N1CCCN(C(=O)C(Cc2ccccc2)n2cnnn2)CC1. The Balaban J connectivity index is 1.41. The van der Waals surface area contributed by atoms with Gasteiger partial charge in [0.15, 0.2) is 0 Å². The molecule has 1 fully saturated rings. The van der Waals surface area contributed by atoms with E-state index in [2.05, 4.69) is 20.8 Å². The molecule has 0 radical (unpaired) electrons. The number of tetrazole rings is 1. The van der Waals surface area contributed by atoms with Crippen LogP contribution < -0.4 is 5.32 Å². The third-order valence-electron chi connectivity index (χ3n) is 5.43. The molecule has 4 rings (SSSR count). The van der Waals surface area contributed by atoms with Crippen molar-refractivity contribution in [2.75, 3.05) is 31.5 Å². The number of carbonyl (C=O) groups is 2. The number of hydrogen-bond acceptors (Lipinski definition) is 5. The molecule has 1 aromatic heterocycles. The number of nitrogens with one attached hydrogen (secondary N) is 1. The van der Waals surface area contributed by atoms with E-state index in [0.717, 1.165) is 5.56 Å². The van der Waals surface area contributed by atoms with Crippen molar-refractivity contribution < 1.29 is 9.59 Å². The van der Waals surface area contributed by atoms with Crippen LogP contribution in [0.4, 0.5) is 10.5 Å². The maximum Gasteiger partial charge on any atom is 0.321 e. The first-order valence-electron chi connectivity index (χ1n) is 10.5. The van der Waals surface area contributed by atoms with E-state index in [-0.39, 0.29) is 11.9 Å². The Kier molecular flexibility index (Phi) is 6.96. The fourth-order valence-electron chi connectivity index (χ4n) is 3.73. The molecule has 0 saturated carbocycles. The fraction of sp³-hybridized carbons (Fsp3) is 0.318. The molecule has 10 heteroatoms. The van der Waals surface area contributed by atoms with Gasteiger partial charge in [-0.05, 0) is 46.7 Å². The zero-order valence-corrected chi connectivity index (χ0v) is 18.2. The average molecular weight is 454 g/mol. The van der Waals surface area contributed by atoms with E-state index in [9.17, 15) is 9.59 Å². The van der Waals surface area contributed by atoms with Crippen molar-refractivity contribution in [3.8, 4) is 0 Å². The number of amides is 3. The molecule has 32 heavy (non-hydrogen) atoms. The highest BCUT2D eigenvalue weighted by molar-refractivity contribution is 6.30. The number of anilines is 1. The number of hydrogen-bond donors (Lipinski definition) is 1. The van der Waals surface area contributed by atoms with Gasteiger partial charge in [0, 0.05) is 43.3 Å². The minimum absolute atomic E-state index is 0.0545. The first-order chi connectivity index (χ1) is 15.6. The monoisotopic (exact) mass is 453 g/mol. The highest BCUT2D eigenvalue weighted by Gasteiger charge is 2.29. The molecule has 1 aliphatic rings. The molecule has 3 aromatic rings. The summed E-state index contributed by atoms with van der Waals surface area (Å²) in [4.78, 5) is 29.6. The van der Waals surface area contributed by atoms with Crippen molar-refractivity contribution in [3.05, 3.63) is 71.5 Å². The van der Waals surface area contributed by atoms with Crippen molar-refractivity contribution in [2.45, 2.75) is 18.9 Å². The van der Waals surface area contributed by atoms with Gasteiger partial charge in [0.2, 0.25) is 5.91 Å². The zero-order valence-electron chi connectivity index (χ0n) is 17.5. The summed E-state index contributed by atoms with van der Waals surface area (Å²) in [5, 5.41) is 14.9. The molecule has 2 heterocycles. The Hall–Kier alpha value is -3.46. The first kappa shape index (κ1) is 21.8. The van der Waals surface area contributed by atoms with Crippen LogP contribution in [0, 0.1) is 0 Å². The van der Waals surface area contributed by atoms with Gasteiger partial charge in [-0.2, -0.15) is 0 Å². The van der Waals surface area contributed by atoms with Crippen molar-refractivity contribution in [2.24, 2.45) is 0 Å². The standard InChI is InChI=1S/C22H24ClN7O2/c23-18-7-9-19(10-8-18)25-22(32)29-12-4-11-28(13-14-29)21(31)20(30-16-24-26-27-30)15-17-5-2-1-3-6-17/h1-3,5-10,16,20H,4,11-15H2,(H,25,32). The molecule has 166 valence electrons. The quantitative estimate of drug-likeness (QED) is 0.640. The third-order valence-corrected chi connectivity index (χ3v) is 5.68. The molecule has 1 saturated heterocycles. The summed E-state index contributed by atoms with van der Waals surface area (Å²) in [5.41, 5.74) is 1.71. The Labute approximate surface area is 191 Å². The van der Waals surface area contributed by atoms with Gasteiger partial charge in [-0.1, -0.05) is 41.9 Å². The number of halogens is 1. The van der Waals surface area contributed by atoms with Gasteiger partial charge in [-0.25, -0.2) is 9.48 Å². The summed E-state index contributed by atoms with van der Waals surface area (Å²) in [5.74, 6) is -0.0545. The number of carbonyl (C=O) groups excluding carboxylic acids is 2. The number of nitrogens with zero attached hydrogens (tertiary/aromatic N) is 6. The maximum atomic E-state index is 13.4. The normalized spacial score (nSPS) is 15.2. The van der Waals surface area contributed by atoms with Crippen LogP contribution in [0.3, 0.4) is 0 Å². The molecular weight excluding hydrogens is 430 g/mol. The predicted molar refractivity (Wildman–Crippen MR) is 120 cm³/mol. The number of urea groups is 1. The Bertz CT molecular complexity index is 1030. The van der Waals surface area contributed by atoms with E-state index in [1.807, 2.05) is 30.3 Å². The smallest absolute Gasteiger partial charge is 0.321 e. The highest BCUT2D eigenvalue weighted by Crippen LogP contribution is 2.18. The summed E-state index contributed by atoms with van der Waals surface area (Å²) < 4.78 is 1.51. The summed E-state index contributed by atoms with van der Waals surface area (Å²) >= 11 is 5.90. The second kappa shape index (κ2) is 10.2. The molecule has 3 amide bonds. The number of aromatic nitrogens is 4. The van der Waals surface area contributed by atoms with Crippen LogP contribution in [0.2, 0.25) is 5.02 Å². The van der Waals surface area contributed by atoms with Crippen LogP contribution in [0.15, 0.2) is 60.9 Å². The van der Waals surface area contributed by atoms with Gasteiger partial charge < -0.3 is 15.1 Å². The predicted octanol–water partition coefficient (Wildman–Crippen LogP) is 2.88. The van der Waals surface area contributed by atoms with E-state index in [0.29, 0.717) is 49.7 Å². The molecule has 1 atom stereocenters. The summed E-state index contributed by atoms with van der Waals surface area (Å²) in [6.45, 7) is 2.02. The number of rotatable bonds is 5. The minimum Gasteiger partial charge on any atom is -0.339 e. The van der Waals surface area contributed by atoms with Crippen LogP contribution in [-0.4, -0.2) is 68.1 Å². The molecule has 0 bridgehead atoms. The number of benzene rings is 2. The largest absolute Gasteiger partial charge is 0.339 e. The molecular formula is C22H24ClN7O2. The second-order valence-corrected chi connectivity index (χ2v) is 8.03. The first-order valence-corrected chi connectivity index (χ1v) is 10.8. The van der Waals surface area contributed by atoms with Gasteiger partial charge in [-0.3, -0.25) is 4.79 Å². The zero-order chi connectivity index (χ0) is 22.3. The van der Waals surface area contributed by atoms with Crippen molar-refractivity contribution in [1.29, 1.82) is 0 Å². The molecule has 1 unspecified atom stereocenters. The topological polar surface area (TPSA) is 96.2 Å². The van der Waals surface area contributed by atoms with Crippen LogP contribution in [-0.2, 0) is 11.2 Å². The van der Waals surface area contributed by atoms with E-state index in [4.69, 9.17) is 11.6 Å². The molecule has 0 aliphatic carbocycles. The van der Waals surface area contributed by atoms with Crippen LogP contribution >= 0.6 is 11.6 Å². The van der Waals surface area contributed by atoms with Gasteiger partial charge in [0.05, 0.1) is 0 Å². The minimum atomic E-state index is -0.540. The van der Waals surface area contributed by atoms with E-state index in [1.165, 1.54) is 11.0 Å². The fourth-order valence-corrected chi connectivity index (χ4v) is 3.86. The van der Waals surface area contributed by atoms with Crippen LogP contribution in [0.1, 0.15) is 18.0 Å². The highest BCUT2D eigenvalue weighted by atomic mass is 35.5. The lowest BCUT2D eigenvalue weighted by Crippen LogP contribution is -2.42. The van der Waals surface area contributed by atoms with E-state index in [1.54, 1.807) is 34.1 Å². The Morgan fingerprint density at radius 1 is 0.969 bits per heavy atom. The lowest BCUT2D eigenvalue weighted by Gasteiger charge is -2.26. The summed E-state index contributed by atoms with van der Waals surface area (Å²) in [6.07, 6.45) is 2.64. The Morgan fingerprint density at radius 2 is 1.69 bits per heavy atom. The molecule has 9 nitrogen and oxygen atoms in total. The van der Waals surface area contributed by atoms with E-state index < -0.39 is 6.04 Å². The van der Waals surface area contributed by atoms with Crippen molar-refractivity contribution in [1.82, 2.24) is 30.0 Å². The molecule has 1 aliphatic heterocycles. The lowest BCUT2D eigenvalue weighted by molar-refractivity contribution is -0.135. The summed E-state index contributed by atoms with van der Waals surface area (Å²) in [6, 6.07) is 16.0. The third kappa shape index (κ3) is 5.42. The van der Waals surface area contributed by atoms with Crippen LogP contribution in [0.5, 0.6) is 0 Å². The summed E-state index contributed by atoms with van der Waals surface area (Å²) in [7, 11) is 0.